The van der Waals surface area contributed by atoms with E-state index in [0.29, 0.717) is 6.61 Å². The van der Waals surface area contributed by atoms with Gasteiger partial charge in [-0.1, -0.05) is 31.2 Å². The van der Waals surface area contributed by atoms with Gasteiger partial charge < -0.3 is 9.47 Å². The Morgan fingerprint density at radius 2 is 2.06 bits per heavy atom. The summed E-state index contributed by atoms with van der Waals surface area (Å²) in [5, 5.41) is 0. The lowest BCUT2D eigenvalue weighted by molar-refractivity contribution is -0.156. The first-order valence-electron chi connectivity index (χ1n) is 6.13. The maximum absolute atomic E-state index is 5.83. The molecule has 1 aromatic carbocycles. The summed E-state index contributed by atoms with van der Waals surface area (Å²) in [6.45, 7) is 8.67. The highest BCUT2D eigenvalue weighted by atomic mass is 16.7. The Hall–Kier alpha value is -1.28. The molecule has 17 heavy (non-hydrogen) atoms. The highest BCUT2D eigenvalue weighted by molar-refractivity contribution is 5.51. The van der Waals surface area contributed by atoms with E-state index in [1.54, 1.807) is 0 Å². The molecule has 1 aromatic rings. The molecule has 0 N–H and O–H groups in total. The van der Waals surface area contributed by atoms with Gasteiger partial charge in [0.1, 0.15) is 5.75 Å². The Kier molecular flexibility index (Phi) is 5.23. The molecule has 0 amide bonds. The van der Waals surface area contributed by atoms with E-state index in [0.717, 1.165) is 17.7 Å². The molecular weight excluding hydrogens is 212 g/mol. The Morgan fingerprint density at radius 3 is 2.71 bits per heavy atom. The average molecular weight is 234 g/mol. The molecule has 0 saturated heterocycles. The van der Waals surface area contributed by atoms with Crippen LogP contribution in [0.3, 0.4) is 0 Å². The lowest BCUT2D eigenvalue weighted by Crippen LogP contribution is -2.32. The third kappa shape index (κ3) is 5.05. The number of allylic oxidation sites excluding steroid dienone is 1. The minimum atomic E-state index is -0.579. The molecule has 0 aliphatic rings. The molecule has 1 rings (SSSR count). The molecule has 2 heteroatoms. The molecule has 0 spiro atoms. The topological polar surface area (TPSA) is 18.5 Å². The van der Waals surface area contributed by atoms with Crippen molar-refractivity contribution in [2.75, 3.05) is 6.61 Å². The third-order valence-corrected chi connectivity index (χ3v) is 2.23. The fourth-order valence-electron chi connectivity index (χ4n) is 1.54. The summed E-state index contributed by atoms with van der Waals surface area (Å²) in [4.78, 5) is 0. The van der Waals surface area contributed by atoms with Crippen LogP contribution in [0.4, 0.5) is 0 Å². The molecule has 0 aliphatic carbocycles. The number of rotatable bonds is 6. The standard InChI is InChI=1S/C15H22O2/c1-5-8-13-9-7-10-14(12-13)17-15(3,4)16-11-6-2/h5,7-10,12H,6,11H2,1-4H3. The average Bonchev–Trinajstić information content (AvgIpc) is 2.27. The van der Waals surface area contributed by atoms with Crippen LogP contribution in [0.1, 0.15) is 39.7 Å². The number of hydrogen-bond acceptors (Lipinski definition) is 2. The molecular formula is C15H22O2. The summed E-state index contributed by atoms with van der Waals surface area (Å²) in [5.74, 6) is 0.256. The second-order valence-corrected chi connectivity index (χ2v) is 4.42. The minimum absolute atomic E-state index is 0.579. The van der Waals surface area contributed by atoms with Crippen LogP contribution in [0.25, 0.3) is 6.08 Å². The van der Waals surface area contributed by atoms with Gasteiger partial charge in [-0.05, 0) is 31.0 Å². The van der Waals surface area contributed by atoms with Gasteiger partial charge in [0.2, 0.25) is 5.79 Å². The first-order valence-corrected chi connectivity index (χ1v) is 6.13. The predicted octanol–water partition coefficient (Wildman–Crippen LogP) is 4.26. The van der Waals surface area contributed by atoms with Gasteiger partial charge in [-0.15, -0.1) is 0 Å². The van der Waals surface area contributed by atoms with E-state index in [1.807, 2.05) is 57.2 Å². The van der Waals surface area contributed by atoms with Gasteiger partial charge in [0, 0.05) is 13.8 Å². The van der Waals surface area contributed by atoms with E-state index in [1.165, 1.54) is 0 Å². The van der Waals surface area contributed by atoms with E-state index < -0.39 is 5.79 Å². The fraction of sp³-hybridized carbons (Fsp3) is 0.467. The summed E-state index contributed by atoms with van der Waals surface area (Å²) < 4.78 is 11.5. The van der Waals surface area contributed by atoms with Gasteiger partial charge in [0.25, 0.3) is 0 Å². The maximum Gasteiger partial charge on any atom is 0.204 e. The van der Waals surface area contributed by atoms with Crippen LogP contribution in [0.15, 0.2) is 30.3 Å². The van der Waals surface area contributed by atoms with Gasteiger partial charge in [-0.2, -0.15) is 0 Å². The monoisotopic (exact) mass is 234 g/mol. The number of hydrogen-bond donors (Lipinski definition) is 0. The first kappa shape index (κ1) is 13.8. The molecule has 2 nitrogen and oxygen atoms in total. The van der Waals surface area contributed by atoms with Crippen molar-refractivity contribution in [3.8, 4) is 5.75 Å². The molecule has 0 heterocycles. The lowest BCUT2D eigenvalue weighted by atomic mass is 10.2. The van der Waals surface area contributed by atoms with E-state index in [2.05, 4.69) is 6.92 Å². The van der Waals surface area contributed by atoms with E-state index in [-0.39, 0.29) is 0 Å². The number of benzene rings is 1. The Balaban J connectivity index is 2.70. The largest absolute Gasteiger partial charge is 0.463 e. The van der Waals surface area contributed by atoms with Crippen molar-refractivity contribution in [3.63, 3.8) is 0 Å². The van der Waals surface area contributed by atoms with Crippen molar-refractivity contribution in [2.24, 2.45) is 0 Å². The van der Waals surface area contributed by atoms with Crippen LogP contribution in [0.5, 0.6) is 5.75 Å². The Labute approximate surface area is 104 Å². The molecule has 0 unspecified atom stereocenters. The van der Waals surface area contributed by atoms with Crippen molar-refractivity contribution < 1.29 is 9.47 Å². The van der Waals surface area contributed by atoms with E-state index >= 15 is 0 Å². The highest BCUT2D eigenvalue weighted by Gasteiger charge is 2.19. The quantitative estimate of drug-likeness (QED) is 0.685. The zero-order valence-electron chi connectivity index (χ0n) is 11.2. The smallest absolute Gasteiger partial charge is 0.204 e. The first-order chi connectivity index (χ1) is 8.07. The van der Waals surface area contributed by atoms with Gasteiger partial charge in [-0.3, -0.25) is 0 Å². The van der Waals surface area contributed by atoms with Crippen molar-refractivity contribution in [2.45, 2.75) is 39.9 Å². The summed E-state index contributed by atoms with van der Waals surface area (Å²) >= 11 is 0. The van der Waals surface area contributed by atoms with Crippen molar-refractivity contribution >= 4 is 6.08 Å². The zero-order chi connectivity index (χ0) is 12.7. The molecule has 0 fully saturated rings. The third-order valence-electron chi connectivity index (χ3n) is 2.23. The van der Waals surface area contributed by atoms with Gasteiger partial charge >= 0.3 is 0 Å². The van der Waals surface area contributed by atoms with Crippen molar-refractivity contribution in [1.82, 2.24) is 0 Å². The molecule has 0 saturated carbocycles. The molecule has 0 atom stereocenters. The Morgan fingerprint density at radius 1 is 1.29 bits per heavy atom. The second kappa shape index (κ2) is 6.45. The van der Waals surface area contributed by atoms with Gasteiger partial charge in [0.05, 0.1) is 6.61 Å². The van der Waals surface area contributed by atoms with Crippen LogP contribution in [0.2, 0.25) is 0 Å². The summed E-state index contributed by atoms with van der Waals surface area (Å²) in [5.41, 5.74) is 1.14. The SMILES string of the molecule is CC=Cc1cccc(OC(C)(C)OCCC)c1. The molecule has 0 radical (unpaired) electrons. The molecule has 0 aromatic heterocycles. The summed E-state index contributed by atoms with van der Waals surface area (Å²) in [7, 11) is 0. The maximum atomic E-state index is 5.83. The zero-order valence-corrected chi connectivity index (χ0v) is 11.2. The van der Waals surface area contributed by atoms with Crippen LogP contribution in [-0.4, -0.2) is 12.4 Å². The Bertz CT molecular complexity index is 367. The van der Waals surface area contributed by atoms with E-state index in [9.17, 15) is 0 Å². The van der Waals surface area contributed by atoms with Crippen LogP contribution in [0, 0.1) is 0 Å². The molecule has 0 bridgehead atoms. The van der Waals surface area contributed by atoms with E-state index in [4.69, 9.17) is 9.47 Å². The van der Waals surface area contributed by atoms with Crippen LogP contribution in [-0.2, 0) is 4.74 Å². The minimum Gasteiger partial charge on any atom is -0.463 e. The van der Waals surface area contributed by atoms with Crippen molar-refractivity contribution in [1.29, 1.82) is 0 Å². The fourth-order valence-corrected chi connectivity index (χ4v) is 1.54. The van der Waals surface area contributed by atoms with Crippen LogP contribution < -0.4 is 4.74 Å². The normalized spacial score (nSPS) is 12.0. The lowest BCUT2D eigenvalue weighted by Gasteiger charge is -2.26. The van der Waals surface area contributed by atoms with Crippen LogP contribution >= 0.6 is 0 Å². The second-order valence-electron chi connectivity index (χ2n) is 4.42. The summed E-state index contributed by atoms with van der Waals surface area (Å²) in [6, 6.07) is 7.99. The van der Waals surface area contributed by atoms with Gasteiger partial charge in [-0.25, -0.2) is 0 Å². The predicted molar refractivity (Wildman–Crippen MR) is 72.1 cm³/mol. The van der Waals surface area contributed by atoms with Gasteiger partial charge in [0.15, 0.2) is 0 Å². The van der Waals surface area contributed by atoms with Crippen molar-refractivity contribution in [3.05, 3.63) is 35.9 Å². The number of ether oxygens (including phenoxy) is 2. The summed E-state index contributed by atoms with van der Waals surface area (Å²) in [6.07, 6.45) is 5.05. The molecule has 94 valence electrons. The highest BCUT2D eigenvalue weighted by Crippen LogP contribution is 2.21. The molecule has 0 aliphatic heterocycles.